The zero-order valence-electron chi connectivity index (χ0n) is 13.9. The minimum Gasteiger partial charge on any atom is -0.377 e. The fraction of sp³-hybridized carbons (Fsp3) is 1.00. The molecule has 0 aromatic heterocycles. The molecule has 0 aromatic carbocycles. The van der Waals surface area contributed by atoms with Crippen molar-refractivity contribution in [3.8, 4) is 0 Å². The van der Waals surface area contributed by atoms with E-state index in [0.29, 0.717) is 22.9 Å². The number of hydrogen-bond donors (Lipinski definition) is 0. The Morgan fingerprint density at radius 3 is 1.00 bits per heavy atom. The topological polar surface area (TPSA) is 55.4 Å². The summed E-state index contributed by atoms with van der Waals surface area (Å²) in [6, 6.07) is 0. The van der Waals surface area contributed by atoms with Crippen LogP contribution < -0.4 is 0 Å². The van der Waals surface area contributed by atoms with Gasteiger partial charge in [-0.1, -0.05) is 0 Å². The van der Waals surface area contributed by atoms with Crippen LogP contribution >= 0.6 is 0 Å². The van der Waals surface area contributed by atoms with E-state index in [0.717, 1.165) is 19.3 Å². The first-order chi connectivity index (χ1) is 10.1. The van der Waals surface area contributed by atoms with E-state index in [1.54, 1.807) is 42.7 Å². The molecule has 8 heteroatoms. The van der Waals surface area contributed by atoms with Crippen LogP contribution in [0.4, 0.5) is 0 Å². The monoisotopic (exact) mass is 336 g/mol. The summed E-state index contributed by atoms with van der Waals surface area (Å²) >= 11 is 0. The Balaban J connectivity index is 2.15. The minimum atomic E-state index is -2.56. The summed E-state index contributed by atoms with van der Waals surface area (Å²) in [4.78, 5) is 0. The molecule has 2 aliphatic rings. The Morgan fingerprint density at radius 2 is 0.810 bits per heavy atom. The van der Waals surface area contributed by atoms with Gasteiger partial charge in [-0.15, -0.1) is 0 Å². The smallest absolute Gasteiger partial charge is 0.377 e. The predicted octanol–water partition coefficient (Wildman–Crippen LogP) is 1.91. The van der Waals surface area contributed by atoms with Crippen molar-refractivity contribution in [2.75, 3.05) is 42.7 Å². The Morgan fingerprint density at radius 1 is 0.524 bits per heavy atom. The average molecular weight is 337 g/mol. The summed E-state index contributed by atoms with van der Waals surface area (Å²) in [5.41, 5.74) is 0.743. The summed E-state index contributed by atoms with van der Waals surface area (Å²) in [7, 11) is 5.05. The van der Waals surface area contributed by atoms with Gasteiger partial charge in [0.1, 0.15) is 0 Å². The Labute approximate surface area is 129 Å². The maximum Gasteiger partial charge on any atom is 0.503 e. The number of hydrogen-bond acceptors (Lipinski definition) is 6. The summed E-state index contributed by atoms with van der Waals surface area (Å²) in [6.07, 6.45) is 3.24. The molecular weight excluding hydrogens is 308 g/mol. The van der Waals surface area contributed by atoms with Crippen molar-refractivity contribution < 1.29 is 26.6 Å². The summed E-state index contributed by atoms with van der Waals surface area (Å²) in [6.45, 7) is 0. The number of rotatable bonds is 8. The molecule has 0 spiro atoms. The highest BCUT2D eigenvalue weighted by Crippen LogP contribution is 2.62. The molecule has 2 aliphatic carbocycles. The maximum absolute atomic E-state index is 5.68. The van der Waals surface area contributed by atoms with Gasteiger partial charge in [0, 0.05) is 53.7 Å². The molecule has 2 saturated carbocycles. The molecule has 0 saturated heterocycles. The van der Waals surface area contributed by atoms with Crippen molar-refractivity contribution in [1.29, 1.82) is 0 Å². The van der Waals surface area contributed by atoms with Crippen molar-refractivity contribution in [1.82, 2.24) is 0 Å². The van der Waals surface area contributed by atoms with E-state index in [9.17, 15) is 0 Å². The standard InChI is InChI=1S/C13H28O6Si2/c1-14-20(15-2,16-3)12-8-11-7-10(12)9-13(11)21(17-4,18-5)19-6/h10-13H,7-9H2,1-6H3/t10-,11-,12-,13+/m1/s1. The zero-order valence-corrected chi connectivity index (χ0v) is 15.9. The maximum atomic E-state index is 5.68. The molecule has 0 radical (unpaired) electrons. The molecule has 2 bridgehead atoms. The second-order valence-corrected chi connectivity index (χ2v) is 12.2. The summed E-state index contributed by atoms with van der Waals surface area (Å²) in [5.74, 6) is 1.08. The first-order valence-electron chi connectivity index (χ1n) is 7.37. The van der Waals surface area contributed by atoms with Gasteiger partial charge in [-0.25, -0.2) is 0 Å². The van der Waals surface area contributed by atoms with Crippen LogP contribution in [0, 0.1) is 11.8 Å². The molecule has 124 valence electrons. The van der Waals surface area contributed by atoms with Gasteiger partial charge in [0.25, 0.3) is 0 Å². The quantitative estimate of drug-likeness (QED) is 0.631. The first-order valence-corrected chi connectivity index (χ1v) is 11.0. The fourth-order valence-corrected chi connectivity index (χ4v) is 10.2. The predicted molar refractivity (Wildman–Crippen MR) is 81.9 cm³/mol. The van der Waals surface area contributed by atoms with Crippen molar-refractivity contribution in [2.24, 2.45) is 11.8 Å². The van der Waals surface area contributed by atoms with Crippen molar-refractivity contribution in [2.45, 2.75) is 30.3 Å². The van der Waals surface area contributed by atoms with Crippen LogP contribution in [0.1, 0.15) is 19.3 Å². The van der Waals surface area contributed by atoms with E-state index in [-0.39, 0.29) is 0 Å². The minimum absolute atomic E-state index is 0.371. The van der Waals surface area contributed by atoms with E-state index in [2.05, 4.69) is 0 Å². The van der Waals surface area contributed by atoms with Crippen LogP contribution in [0.5, 0.6) is 0 Å². The average Bonchev–Trinajstić information content (AvgIpc) is 3.13. The summed E-state index contributed by atoms with van der Waals surface area (Å²) in [5, 5.41) is 0. The molecule has 6 nitrogen and oxygen atoms in total. The van der Waals surface area contributed by atoms with Crippen LogP contribution in [0.15, 0.2) is 0 Å². The largest absolute Gasteiger partial charge is 0.503 e. The molecule has 0 unspecified atom stereocenters. The van der Waals surface area contributed by atoms with Gasteiger partial charge in [-0.3, -0.25) is 0 Å². The highest BCUT2D eigenvalue weighted by atomic mass is 28.4. The normalized spacial score (nSPS) is 32.9. The molecule has 2 rings (SSSR count). The van der Waals surface area contributed by atoms with Crippen LogP contribution in [0.2, 0.25) is 11.1 Å². The van der Waals surface area contributed by atoms with Gasteiger partial charge in [0.2, 0.25) is 0 Å². The zero-order chi connectivity index (χ0) is 15.7. The lowest BCUT2D eigenvalue weighted by Crippen LogP contribution is -2.53. The van der Waals surface area contributed by atoms with Crippen molar-refractivity contribution in [3.05, 3.63) is 0 Å². The molecule has 0 amide bonds. The molecule has 4 atom stereocenters. The second-order valence-electron chi connectivity index (χ2n) is 5.87. The molecule has 0 aliphatic heterocycles. The second kappa shape index (κ2) is 6.75. The van der Waals surface area contributed by atoms with Crippen molar-refractivity contribution in [3.63, 3.8) is 0 Å². The lowest BCUT2D eigenvalue weighted by Gasteiger charge is -2.40. The molecule has 0 aromatic rings. The van der Waals surface area contributed by atoms with E-state index in [1.807, 2.05) is 0 Å². The first kappa shape index (κ1) is 17.5. The highest BCUT2D eigenvalue weighted by Gasteiger charge is 2.65. The SMILES string of the molecule is CO[Si](OC)(OC)[C@@H]1C[C@H]2C[C@@H]1C[C@@H]2[Si](OC)(OC)OC. The third-order valence-corrected chi connectivity index (χ3v) is 12.1. The Hall–Kier alpha value is 0.194. The van der Waals surface area contributed by atoms with Gasteiger partial charge in [0.05, 0.1) is 0 Å². The van der Waals surface area contributed by atoms with E-state index in [1.165, 1.54) is 0 Å². The van der Waals surface area contributed by atoms with Crippen LogP contribution in [-0.2, 0) is 26.6 Å². The van der Waals surface area contributed by atoms with Crippen LogP contribution in [-0.4, -0.2) is 60.3 Å². The van der Waals surface area contributed by atoms with E-state index >= 15 is 0 Å². The Bertz CT molecular complexity index is 299. The third-order valence-electron chi connectivity index (χ3n) is 5.47. The fourth-order valence-electron chi connectivity index (χ4n) is 4.55. The molecule has 0 heterocycles. The van der Waals surface area contributed by atoms with E-state index in [4.69, 9.17) is 26.6 Å². The van der Waals surface area contributed by atoms with Gasteiger partial charge in [-0.2, -0.15) is 0 Å². The lowest BCUT2D eigenvalue weighted by molar-refractivity contribution is 0.0866. The molecule has 0 N–H and O–H groups in total. The van der Waals surface area contributed by atoms with Gasteiger partial charge < -0.3 is 26.6 Å². The molecular formula is C13H28O6Si2. The van der Waals surface area contributed by atoms with Crippen LogP contribution in [0.25, 0.3) is 0 Å². The Kier molecular flexibility index (Phi) is 5.64. The third kappa shape index (κ3) is 2.65. The summed E-state index contributed by atoms with van der Waals surface area (Å²) < 4.78 is 34.1. The van der Waals surface area contributed by atoms with Gasteiger partial charge in [-0.05, 0) is 31.1 Å². The molecule has 21 heavy (non-hydrogen) atoms. The van der Waals surface area contributed by atoms with Crippen LogP contribution in [0.3, 0.4) is 0 Å². The van der Waals surface area contributed by atoms with Crippen molar-refractivity contribution >= 4 is 17.6 Å². The molecule has 2 fully saturated rings. The number of fused-ring (bicyclic) bond motifs is 2. The highest BCUT2D eigenvalue weighted by molar-refractivity contribution is 6.64. The van der Waals surface area contributed by atoms with Gasteiger partial charge >= 0.3 is 17.6 Å². The lowest BCUT2D eigenvalue weighted by atomic mass is 9.99. The van der Waals surface area contributed by atoms with Gasteiger partial charge in [0.15, 0.2) is 0 Å². The van der Waals surface area contributed by atoms with E-state index < -0.39 is 17.6 Å².